The van der Waals surface area contributed by atoms with E-state index >= 15 is 0 Å². The molecule has 1 aliphatic rings. The number of Topliss-reactive ketones (excluding diaryl/α,β-unsaturated/α-hetero) is 1. The van der Waals surface area contributed by atoms with Crippen molar-refractivity contribution in [3.05, 3.63) is 71.8 Å². The zero-order valence-electron chi connectivity index (χ0n) is 28.1. The van der Waals surface area contributed by atoms with Crippen LogP contribution in [-0.4, -0.2) is 95.4 Å². The molecule has 15 heteroatoms. The number of hydrogen-bond donors (Lipinski definition) is 4. The first-order valence-electron chi connectivity index (χ1n) is 15.5. The number of rotatable bonds is 15. The highest BCUT2D eigenvalue weighted by Gasteiger charge is 2.44. The molecular weight excluding hydrogens is 663 g/mol. The first kappa shape index (κ1) is 39.1. The van der Waals surface area contributed by atoms with Gasteiger partial charge >= 0.3 is 13.7 Å². The third-order valence-electron chi connectivity index (χ3n) is 8.16. The second-order valence-corrected chi connectivity index (χ2v) is 15.8. The maximum Gasteiger partial charge on any atom is 0.408 e. The Morgan fingerprint density at radius 3 is 2.06 bits per heavy atom. The smallest absolute Gasteiger partial charge is 0.408 e. The number of alkyl carbamates (subject to hydrolysis) is 1. The van der Waals surface area contributed by atoms with Gasteiger partial charge in [0, 0.05) is 31.7 Å². The third-order valence-corrected chi connectivity index (χ3v) is 10.8. The lowest BCUT2D eigenvalue weighted by Crippen LogP contribution is -2.59. The Balaban J connectivity index is 1.84. The molecule has 1 saturated heterocycles. The molecule has 0 aliphatic carbocycles. The van der Waals surface area contributed by atoms with E-state index in [1.807, 2.05) is 25.7 Å². The van der Waals surface area contributed by atoms with E-state index in [2.05, 4.69) is 16.0 Å². The van der Waals surface area contributed by atoms with Crippen molar-refractivity contribution >= 4 is 42.9 Å². The molecule has 4 N–H and O–H groups in total. The first-order chi connectivity index (χ1) is 22.6. The summed E-state index contributed by atoms with van der Waals surface area (Å²) in [4.78, 5) is 55.7. The van der Waals surface area contributed by atoms with Crippen LogP contribution in [0.3, 0.4) is 0 Å². The van der Waals surface area contributed by atoms with Crippen LogP contribution >= 0.6 is 19.2 Å². The van der Waals surface area contributed by atoms with Crippen molar-refractivity contribution in [1.82, 2.24) is 20.9 Å². The molecule has 0 spiro atoms. The van der Waals surface area contributed by atoms with E-state index in [-0.39, 0.29) is 18.4 Å². The number of aliphatic hydroxyl groups is 1. The minimum Gasteiger partial charge on any atom is -0.445 e. The van der Waals surface area contributed by atoms with Gasteiger partial charge in [-0.15, -0.1) is 11.6 Å². The highest BCUT2D eigenvalue weighted by Crippen LogP contribution is 2.52. The fourth-order valence-corrected chi connectivity index (χ4v) is 7.19. The number of hydrogen-bond acceptors (Lipinski definition) is 10. The maximum atomic E-state index is 13.9. The summed E-state index contributed by atoms with van der Waals surface area (Å²) in [5.74, 6) is -2.43. The number of amides is 3. The molecule has 13 nitrogen and oxygen atoms in total. The molecule has 0 bridgehead atoms. The fourth-order valence-electron chi connectivity index (χ4n) is 5.49. The molecule has 6 atom stereocenters. The molecule has 0 saturated carbocycles. The molecule has 3 rings (SSSR count). The highest BCUT2D eigenvalue weighted by atomic mass is 35.5. The average molecular weight is 709 g/mol. The van der Waals surface area contributed by atoms with Gasteiger partial charge in [-0.25, -0.2) is 4.79 Å². The van der Waals surface area contributed by atoms with Crippen LogP contribution in [0.4, 0.5) is 4.79 Å². The Bertz CT molecular complexity index is 1440. The minimum absolute atomic E-state index is 0.0780. The van der Waals surface area contributed by atoms with Crippen molar-refractivity contribution in [2.24, 2.45) is 0 Å². The Morgan fingerprint density at radius 2 is 1.52 bits per heavy atom. The second kappa shape index (κ2) is 17.4. The van der Waals surface area contributed by atoms with Crippen LogP contribution in [0.15, 0.2) is 60.7 Å². The summed E-state index contributed by atoms with van der Waals surface area (Å²) < 4.78 is 28.9. The summed E-state index contributed by atoms with van der Waals surface area (Å²) in [6, 6.07) is 13.9. The van der Waals surface area contributed by atoms with Crippen LogP contribution in [0.25, 0.3) is 0 Å². The van der Waals surface area contributed by atoms with Gasteiger partial charge in [0.15, 0.2) is 6.23 Å². The molecule has 48 heavy (non-hydrogen) atoms. The Hall–Kier alpha value is -3.32. The molecule has 2 aromatic carbocycles. The lowest BCUT2D eigenvalue weighted by atomic mass is 10.00. The van der Waals surface area contributed by atoms with E-state index in [0.29, 0.717) is 24.1 Å². The molecule has 1 heterocycles. The van der Waals surface area contributed by atoms with Crippen LogP contribution in [-0.2, 0) is 45.8 Å². The molecule has 2 aromatic rings. The van der Waals surface area contributed by atoms with E-state index in [9.17, 15) is 28.8 Å². The molecule has 1 fully saturated rings. The number of likely N-dealkylation sites (tertiary alicyclic amines) is 1. The minimum atomic E-state index is -3.96. The van der Waals surface area contributed by atoms with Crippen LogP contribution in [0.5, 0.6) is 0 Å². The fraction of sp³-hybridized carbons (Fsp3) is 0.515. The van der Waals surface area contributed by atoms with Crippen LogP contribution in [0.1, 0.15) is 45.2 Å². The quantitative estimate of drug-likeness (QED) is 0.122. The van der Waals surface area contributed by atoms with E-state index in [1.165, 1.54) is 6.92 Å². The number of aliphatic hydroxyl groups excluding tert-OH is 1. The Kier molecular flexibility index (Phi) is 14.2. The molecule has 3 unspecified atom stereocenters. The molecule has 3 amide bonds. The Labute approximate surface area is 286 Å². The van der Waals surface area contributed by atoms with E-state index in [4.69, 9.17) is 25.4 Å². The predicted octanol–water partition coefficient (Wildman–Crippen LogP) is 3.37. The van der Waals surface area contributed by atoms with E-state index in [1.54, 1.807) is 60.7 Å². The average Bonchev–Trinajstić information content (AvgIpc) is 3.48. The summed E-state index contributed by atoms with van der Waals surface area (Å²) in [5.41, 5.74) is -0.331. The van der Waals surface area contributed by atoms with Gasteiger partial charge < -0.3 is 34.8 Å². The lowest BCUT2D eigenvalue weighted by Gasteiger charge is -2.36. The maximum absolute atomic E-state index is 13.9. The van der Waals surface area contributed by atoms with Crippen molar-refractivity contribution in [3.8, 4) is 0 Å². The topological polar surface area (TPSA) is 173 Å². The predicted molar refractivity (Wildman–Crippen MR) is 180 cm³/mol. The molecular formula is C33H46ClN4O9P. The third kappa shape index (κ3) is 10.6. The van der Waals surface area contributed by atoms with Crippen LogP contribution in [0.2, 0.25) is 0 Å². The number of nitrogens with zero attached hydrogens (tertiary/aromatic N) is 1. The van der Waals surface area contributed by atoms with Gasteiger partial charge in [0.05, 0.1) is 17.7 Å². The summed E-state index contributed by atoms with van der Waals surface area (Å²) in [5, 5.41) is 18.1. The number of carbonyl (C=O) groups excluding carboxylic acids is 4. The lowest BCUT2D eigenvalue weighted by molar-refractivity contribution is -0.140. The van der Waals surface area contributed by atoms with Gasteiger partial charge in [0.1, 0.15) is 12.6 Å². The molecule has 264 valence electrons. The SMILES string of the molecule is COP(=O)(OC)C(C)C(NC(=O)OCc1ccccc1)C(=O)N[C@@H](Cc1ccccc1)C(=O)C(O)NC(=O)[C@@H]1C[C@H](Cl)CN1C(C)(C)C. The zero-order valence-corrected chi connectivity index (χ0v) is 29.7. The first-order valence-corrected chi connectivity index (χ1v) is 17.6. The van der Waals surface area contributed by atoms with Gasteiger partial charge in [-0.1, -0.05) is 60.7 Å². The van der Waals surface area contributed by atoms with Gasteiger partial charge in [-0.3, -0.25) is 23.8 Å². The monoisotopic (exact) mass is 708 g/mol. The number of halogens is 1. The summed E-state index contributed by atoms with van der Waals surface area (Å²) in [6.07, 6.45) is -2.75. The van der Waals surface area contributed by atoms with Crippen LogP contribution in [0, 0.1) is 0 Å². The Morgan fingerprint density at radius 1 is 0.958 bits per heavy atom. The number of carbonyl (C=O) groups is 4. The molecule has 0 aromatic heterocycles. The zero-order chi connectivity index (χ0) is 35.6. The van der Waals surface area contributed by atoms with Crippen LogP contribution < -0.4 is 16.0 Å². The van der Waals surface area contributed by atoms with Gasteiger partial charge in [0.25, 0.3) is 0 Å². The number of ether oxygens (including phenoxy) is 1. The standard InChI is InChI=1S/C33H46ClN4O9P/c1-21(48(44,45-5)46-6)27(36-32(43)47-20-23-15-11-8-12-16-23)30(41)35-25(17-22-13-9-7-10-14-22)28(39)31(42)37-29(40)26-18-24(34)19-38(26)33(2,3)4/h7-16,21,24-27,31,42H,17-20H2,1-6H3,(H,35,41)(H,36,43)(H,37,40)/t21?,24-,25-,26-,27?,31?/m0/s1. The normalized spacial score (nSPS) is 19.4. The van der Waals surface area contributed by atoms with Crippen molar-refractivity contribution in [3.63, 3.8) is 0 Å². The second-order valence-electron chi connectivity index (χ2n) is 12.6. The van der Waals surface area contributed by atoms with Gasteiger partial charge in [-0.05, 0) is 51.7 Å². The number of ketones is 1. The van der Waals surface area contributed by atoms with Crippen molar-refractivity contribution in [2.45, 2.75) is 88.1 Å². The van der Waals surface area contributed by atoms with Gasteiger partial charge in [-0.2, -0.15) is 0 Å². The van der Waals surface area contributed by atoms with Crippen molar-refractivity contribution < 1.29 is 42.6 Å². The molecule has 1 aliphatic heterocycles. The number of nitrogens with one attached hydrogen (secondary N) is 3. The summed E-state index contributed by atoms with van der Waals surface area (Å²) in [6.45, 7) is 7.53. The largest absolute Gasteiger partial charge is 0.445 e. The number of alkyl halides is 1. The number of benzene rings is 2. The van der Waals surface area contributed by atoms with E-state index in [0.717, 1.165) is 14.2 Å². The van der Waals surface area contributed by atoms with Crippen molar-refractivity contribution in [2.75, 3.05) is 20.8 Å². The summed E-state index contributed by atoms with van der Waals surface area (Å²) in [7, 11) is -1.68. The molecule has 0 radical (unpaired) electrons. The van der Waals surface area contributed by atoms with Gasteiger partial charge in [0.2, 0.25) is 17.6 Å². The van der Waals surface area contributed by atoms with Crippen molar-refractivity contribution in [1.29, 1.82) is 0 Å². The van der Waals surface area contributed by atoms with E-state index < -0.39 is 66.8 Å². The highest BCUT2D eigenvalue weighted by molar-refractivity contribution is 7.54. The summed E-state index contributed by atoms with van der Waals surface area (Å²) >= 11 is 6.37.